The van der Waals surface area contributed by atoms with Gasteiger partial charge in [-0.05, 0) is 52.4 Å². The lowest BCUT2D eigenvalue weighted by Crippen LogP contribution is -2.11. The molecule has 4 rings (SSSR count). The number of aromatic nitrogens is 2. The molecule has 4 aromatic rings. The van der Waals surface area contributed by atoms with E-state index in [4.69, 9.17) is 19.5 Å². The van der Waals surface area contributed by atoms with Gasteiger partial charge in [0.2, 0.25) is 5.95 Å². The fourth-order valence-electron chi connectivity index (χ4n) is 3.68. The normalized spacial score (nSPS) is 11.9. The first-order valence-electron chi connectivity index (χ1n) is 10.7. The van der Waals surface area contributed by atoms with Crippen molar-refractivity contribution in [3.63, 3.8) is 0 Å². The molecule has 0 atom stereocenters. The molecular weight excluding hydrogens is 398 g/mol. The summed E-state index contributed by atoms with van der Waals surface area (Å²) < 4.78 is 12.9. The Morgan fingerprint density at radius 2 is 1.62 bits per heavy atom. The van der Waals surface area contributed by atoms with Gasteiger partial charge in [-0.3, -0.25) is 0 Å². The third-order valence-electron chi connectivity index (χ3n) is 5.53. The van der Waals surface area contributed by atoms with Crippen LogP contribution < -0.4 is 9.47 Å². The van der Waals surface area contributed by atoms with Crippen molar-refractivity contribution in [3.8, 4) is 11.5 Å². The number of ether oxygens (including phenoxy) is 2. The molecule has 3 aromatic carbocycles. The van der Waals surface area contributed by atoms with Crippen molar-refractivity contribution in [1.29, 1.82) is 0 Å². The molecular formula is C27H29N3O2. The van der Waals surface area contributed by atoms with E-state index >= 15 is 0 Å². The van der Waals surface area contributed by atoms with Crippen LogP contribution in [0, 0.1) is 0 Å². The van der Waals surface area contributed by atoms with Gasteiger partial charge in [0.25, 0.3) is 0 Å². The minimum absolute atomic E-state index is 0.134. The van der Waals surface area contributed by atoms with Gasteiger partial charge < -0.3 is 14.0 Å². The van der Waals surface area contributed by atoms with E-state index in [1.54, 1.807) is 14.2 Å². The Kier molecular flexibility index (Phi) is 5.99. The first-order valence-corrected chi connectivity index (χ1v) is 10.7. The topological polar surface area (TPSA) is 48.6 Å². The molecule has 5 heteroatoms. The maximum absolute atomic E-state index is 5.41. The Morgan fingerprint density at radius 1 is 0.906 bits per heavy atom. The third-order valence-corrected chi connectivity index (χ3v) is 5.53. The zero-order valence-corrected chi connectivity index (χ0v) is 19.3. The lowest BCUT2D eigenvalue weighted by Gasteiger charge is -2.19. The summed E-state index contributed by atoms with van der Waals surface area (Å²) in [5, 5.41) is 0. The summed E-state index contributed by atoms with van der Waals surface area (Å²) in [7, 11) is 3.26. The molecule has 0 aliphatic rings. The second kappa shape index (κ2) is 8.87. The highest BCUT2D eigenvalue weighted by Crippen LogP contribution is 2.28. The number of aliphatic imine (C=N–C) groups is 1. The molecule has 0 saturated heterocycles. The van der Waals surface area contributed by atoms with Gasteiger partial charge in [0.15, 0.2) is 11.5 Å². The number of imidazole rings is 1. The van der Waals surface area contributed by atoms with Crippen molar-refractivity contribution in [2.75, 3.05) is 14.2 Å². The fourth-order valence-corrected chi connectivity index (χ4v) is 3.68. The van der Waals surface area contributed by atoms with Crippen molar-refractivity contribution in [2.24, 2.45) is 4.99 Å². The van der Waals surface area contributed by atoms with Crippen LogP contribution in [0.4, 0.5) is 5.95 Å². The molecule has 0 unspecified atom stereocenters. The molecule has 32 heavy (non-hydrogen) atoms. The predicted molar refractivity (Wildman–Crippen MR) is 131 cm³/mol. The number of benzene rings is 3. The summed E-state index contributed by atoms with van der Waals surface area (Å²) in [4.78, 5) is 9.49. The largest absolute Gasteiger partial charge is 0.493 e. The fraction of sp³-hybridized carbons (Fsp3) is 0.259. The van der Waals surface area contributed by atoms with Crippen LogP contribution in [0.1, 0.15) is 37.5 Å². The number of nitrogens with zero attached hydrogens (tertiary/aromatic N) is 3. The van der Waals surface area contributed by atoms with Crippen LogP contribution >= 0.6 is 0 Å². The Morgan fingerprint density at radius 3 is 2.31 bits per heavy atom. The lowest BCUT2D eigenvalue weighted by molar-refractivity contribution is 0.355. The first kappa shape index (κ1) is 21.6. The van der Waals surface area contributed by atoms with Gasteiger partial charge in [0, 0.05) is 6.21 Å². The van der Waals surface area contributed by atoms with Crippen LogP contribution in [-0.4, -0.2) is 30.0 Å². The van der Waals surface area contributed by atoms with Crippen molar-refractivity contribution in [3.05, 3.63) is 83.4 Å². The quantitative estimate of drug-likeness (QED) is 0.347. The van der Waals surface area contributed by atoms with E-state index in [1.807, 2.05) is 42.6 Å². The smallest absolute Gasteiger partial charge is 0.230 e. The number of methoxy groups -OCH3 is 2. The second-order valence-electron chi connectivity index (χ2n) is 8.81. The van der Waals surface area contributed by atoms with E-state index in [0.717, 1.165) is 16.6 Å². The van der Waals surface area contributed by atoms with Crippen LogP contribution in [-0.2, 0) is 12.0 Å². The molecule has 0 amide bonds. The van der Waals surface area contributed by atoms with E-state index in [-0.39, 0.29) is 5.41 Å². The SMILES string of the molecule is COc1ccc(/C=N/c2nc3ccccc3n2Cc2ccc(C(C)(C)C)cc2)cc1OC. The minimum Gasteiger partial charge on any atom is -0.493 e. The van der Waals surface area contributed by atoms with Crippen LogP contribution in [0.3, 0.4) is 0 Å². The van der Waals surface area contributed by atoms with E-state index < -0.39 is 0 Å². The highest BCUT2D eigenvalue weighted by atomic mass is 16.5. The molecule has 1 aromatic heterocycles. The first-order chi connectivity index (χ1) is 15.4. The van der Waals surface area contributed by atoms with Gasteiger partial charge in [0.1, 0.15) is 0 Å². The maximum atomic E-state index is 5.41. The van der Waals surface area contributed by atoms with Gasteiger partial charge in [-0.1, -0.05) is 57.2 Å². The molecule has 0 saturated carbocycles. The standard InChI is InChI=1S/C27H29N3O2/c1-27(2,3)21-13-10-19(11-14-21)18-30-23-9-7-6-8-22(23)29-26(30)28-17-20-12-15-24(31-4)25(16-20)32-5/h6-17H,18H2,1-5H3/b28-17+. The number of para-hydroxylation sites is 2. The Balaban J connectivity index is 1.68. The molecule has 0 bridgehead atoms. The Labute approximate surface area is 189 Å². The number of hydrogen-bond donors (Lipinski definition) is 0. The summed E-state index contributed by atoms with van der Waals surface area (Å²) in [6, 6.07) is 22.7. The lowest BCUT2D eigenvalue weighted by atomic mass is 9.87. The van der Waals surface area contributed by atoms with Crippen molar-refractivity contribution < 1.29 is 9.47 Å². The van der Waals surface area contributed by atoms with E-state index in [9.17, 15) is 0 Å². The van der Waals surface area contributed by atoms with Gasteiger partial charge in [-0.2, -0.15) is 0 Å². The second-order valence-corrected chi connectivity index (χ2v) is 8.81. The van der Waals surface area contributed by atoms with Crippen LogP contribution in [0.15, 0.2) is 71.7 Å². The number of rotatable bonds is 6. The molecule has 5 nitrogen and oxygen atoms in total. The van der Waals surface area contributed by atoms with Crippen molar-refractivity contribution >= 4 is 23.2 Å². The summed E-state index contributed by atoms with van der Waals surface area (Å²) in [6.07, 6.45) is 1.81. The predicted octanol–water partition coefficient (Wildman–Crippen LogP) is 6.15. The van der Waals surface area contributed by atoms with Crippen molar-refractivity contribution in [1.82, 2.24) is 9.55 Å². The van der Waals surface area contributed by atoms with E-state index in [1.165, 1.54) is 11.1 Å². The average molecular weight is 428 g/mol. The molecule has 1 heterocycles. The monoisotopic (exact) mass is 427 g/mol. The zero-order valence-electron chi connectivity index (χ0n) is 19.3. The Hall–Kier alpha value is -3.60. The summed E-state index contributed by atoms with van der Waals surface area (Å²) in [5.74, 6) is 2.03. The van der Waals surface area contributed by atoms with E-state index in [0.29, 0.717) is 24.0 Å². The van der Waals surface area contributed by atoms with Gasteiger partial charge in [-0.25, -0.2) is 9.98 Å². The summed E-state index contributed by atoms with van der Waals surface area (Å²) >= 11 is 0. The third kappa shape index (κ3) is 4.52. The Bertz CT molecular complexity index is 1250. The number of hydrogen-bond acceptors (Lipinski definition) is 4. The zero-order chi connectivity index (χ0) is 22.7. The highest BCUT2D eigenvalue weighted by molar-refractivity contribution is 5.84. The maximum Gasteiger partial charge on any atom is 0.230 e. The van der Waals surface area contributed by atoms with Gasteiger partial charge in [-0.15, -0.1) is 0 Å². The highest BCUT2D eigenvalue weighted by Gasteiger charge is 2.14. The van der Waals surface area contributed by atoms with E-state index in [2.05, 4.69) is 55.7 Å². The molecule has 0 radical (unpaired) electrons. The van der Waals surface area contributed by atoms with Gasteiger partial charge in [0.05, 0.1) is 31.8 Å². The molecule has 0 N–H and O–H groups in total. The molecule has 0 spiro atoms. The van der Waals surface area contributed by atoms with Crippen molar-refractivity contribution in [2.45, 2.75) is 32.7 Å². The summed E-state index contributed by atoms with van der Waals surface area (Å²) in [6.45, 7) is 7.38. The number of fused-ring (bicyclic) bond motifs is 1. The minimum atomic E-state index is 0.134. The molecule has 164 valence electrons. The summed E-state index contributed by atoms with van der Waals surface area (Å²) in [5.41, 5.74) is 5.57. The van der Waals surface area contributed by atoms with Crippen LogP contribution in [0.2, 0.25) is 0 Å². The van der Waals surface area contributed by atoms with Gasteiger partial charge >= 0.3 is 0 Å². The van der Waals surface area contributed by atoms with Crippen LogP contribution in [0.5, 0.6) is 11.5 Å². The molecule has 0 fully saturated rings. The average Bonchev–Trinajstić information content (AvgIpc) is 3.14. The molecule has 0 aliphatic carbocycles. The molecule has 0 aliphatic heterocycles. The van der Waals surface area contributed by atoms with Crippen LogP contribution in [0.25, 0.3) is 11.0 Å².